The SMILES string of the molecule is CCNC(=NCC(c1cccc(OC)c1)N(C)C)NC(C)C(C)C. The van der Waals surface area contributed by atoms with E-state index in [2.05, 4.69) is 69.5 Å². The van der Waals surface area contributed by atoms with Crippen LogP contribution in [-0.4, -0.2) is 51.2 Å². The van der Waals surface area contributed by atoms with Gasteiger partial charge in [-0.3, -0.25) is 4.99 Å². The number of hydrogen-bond acceptors (Lipinski definition) is 3. The standard InChI is InChI=1S/C19H34N4O/c1-8-20-19(22-15(4)14(2)3)21-13-18(23(5)6)16-10-9-11-17(12-16)24-7/h9-12,14-15,18H,8,13H2,1-7H3,(H2,20,21,22). The van der Waals surface area contributed by atoms with E-state index in [1.165, 1.54) is 5.56 Å². The molecule has 0 spiro atoms. The Labute approximate surface area is 147 Å². The van der Waals surface area contributed by atoms with Gasteiger partial charge in [0.15, 0.2) is 5.96 Å². The fraction of sp³-hybridized carbons (Fsp3) is 0.632. The van der Waals surface area contributed by atoms with Gasteiger partial charge in [-0.2, -0.15) is 0 Å². The van der Waals surface area contributed by atoms with Crippen LogP contribution in [0.25, 0.3) is 0 Å². The molecule has 2 atom stereocenters. The van der Waals surface area contributed by atoms with Crippen LogP contribution in [0.4, 0.5) is 0 Å². The Balaban J connectivity index is 2.91. The monoisotopic (exact) mass is 334 g/mol. The summed E-state index contributed by atoms with van der Waals surface area (Å²) in [6.07, 6.45) is 0. The van der Waals surface area contributed by atoms with E-state index in [0.717, 1.165) is 18.3 Å². The van der Waals surface area contributed by atoms with Crippen molar-refractivity contribution < 1.29 is 4.74 Å². The van der Waals surface area contributed by atoms with Gasteiger partial charge in [0.2, 0.25) is 0 Å². The summed E-state index contributed by atoms with van der Waals surface area (Å²) in [5.74, 6) is 2.30. The third-order valence-electron chi connectivity index (χ3n) is 4.23. The van der Waals surface area contributed by atoms with E-state index in [9.17, 15) is 0 Å². The lowest BCUT2D eigenvalue weighted by Gasteiger charge is -2.25. The molecule has 0 radical (unpaired) electrons. The van der Waals surface area contributed by atoms with Gasteiger partial charge < -0.3 is 20.3 Å². The molecule has 0 aromatic heterocycles. The molecule has 2 N–H and O–H groups in total. The molecule has 24 heavy (non-hydrogen) atoms. The Bertz CT molecular complexity index is 514. The molecule has 0 aliphatic heterocycles. The van der Waals surface area contributed by atoms with Gasteiger partial charge in [-0.05, 0) is 51.6 Å². The summed E-state index contributed by atoms with van der Waals surface area (Å²) in [5.41, 5.74) is 1.20. The van der Waals surface area contributed by atoms with E-state index in [1.807, 2.05) is 12.1 Å². The average molecular weight is 335 g/mol. The van der Waals surface area contributed by atoms with E-state index in [-0.39, 0.29) is 6.04 Å². The summed E-state index contributed by atoms with van der Waals surface area (Å²) >= 11 is 0. The highest BCUT2D eigenvalue weighted by Gasteiger charge is 2.15. The van der Waals surface area contributed by atoms with Gasteiger partial charge in [-0.15, -0.1) is 0 Å². The highest BCUT2D eigenvalue weighted by Crippen LogP contribution is 2.22. The lowest BCUT2D eigenvalue weighted by atomic mass is 10.1. The minimum absolute atomic E-state index is 0.199. The Kier molecular flexibility index (Phi) is 8.61. The van der Waals surface area contributed by atoms with Crippen LogP contribution >= 0.6 is 0 Å². The first-order valence-electron chi connectivity index (χ1n) is 8.74. The smallest absolute Gasteiger partial charge is 0.191 e. The van der Waals surface area contributed by atoms with Crippen molar-refractivity contribution in [3.63, 3.8) is 0 Å². The first-order chi connectivity index (χ1) is 11.4. The van der Waals surface area contributed by atoms with Crippen molar-refractivity contribution in [2.75, 3.05) is 34.3 Å². The first kappa shape index (κ1) is 20.3. The van der Waals surface area contributed by atoms with Crippen LogP contribution in [-0.2, 0) is 0 Å². The van der Waals surface area contributed by atoms with Gasteiger partial charge in [0.05, 0.1) is 19.7 Å². The van der Waals surface area contributed by atoms with Crippen LogP contribution in [0.2, 0.25) is 0 Å². The summed E-state index contributed by atoms with van der Waals surface area (Å²) in [6.45, 7) is 10.2. The lowest BCUT2D eigenvalue weighted by Crippen LogP contribution is -2.44. The maximum absolute atomic E-state index is 5.35. The molecule has 0 amide bonds. The highest BCUT2D eigenvalue weighted by molar-refractivity contribution is 5.80. The zero-order valence-electron chi connectivity index (χ0n) is 16.3. The second-order valence-electron chi connectivity index (χ2n) is 6.65. The lowest BCUT2D eigenvalue weighted by molar-refractivity contribution is 0.305. The molecule has 0 aliphatic carbocycles. The van der Waals surface area contributed by atoms with Crippen molar-refractivity contribution >= 4 is 5.96 Å². The molecular formula is C19H34N4O. The highest BCUT2D eigenvalue weighted by atomic mass is 16.5. The van der Waals surface area contributed by atoms with E-state index >= 15 is 0 Å². The number of aliphatic imine (C=N–C) groups is 1. The molecule has 0 fully saturated rings. The van der Waals surface area contributed by atoms with Crippen molar-refractivity contribution in [3.05, 3.63) is 29.8 Å². The van der Waals surface area contributed by atoms with Gasteiger partial charge in [0, 0.05) is 12.6 Å². The number of hydrogen-bond donors (Lipinski definition) is 2. The summed E-state index contributed by atoms with van der Waals surface area (Å²) in [6, 6.07) is 8.77. The summed E-state index contributed by atoms with van der Waals surface area (Å²) in [7, 11) is 5.86. The van der Waals surface area contributed by atoms with Crippen LogP contribution in [0.15, 0.2) is 29.3 Å². The van der Waals surface area contributed by atoms with Gasteiger partial charge >= 0.3 is 0 Å². The third kappa shape index (κ3) is 6.40. The molecule has 1 aromatic rings. The largest absolute Gasteiger partial charge is 0.497 e. The van der Waals surface area contributed by atoms with Crippen molar-refractivity contribution in [2.24, 2.45) is 10.9 Å². The zero-order valence-corrected chi connectivity index (χ0v) is 16.3. The number of nitrogens with one attached hydrogen (secondary N) is 2. The predicted octanol–water partition coefficient (Wildman–Crippen LogP) is 2.90. The fourth-order valence-electron chi connectivity index (χ4n) is 2.30. The second-order valence-corrected chi connectivity index (χ2v) is 6.65. The quantitative estimate of drug-likeness (QED) is 0.567. The van der Waals surface area contributed by atoms with Crippen LogP contribution < -0.4 is 15.4 Å². The molecule has 5 heteroatoms. The molecule has 0 bridgehead atoms. The first-order valence-corrected chi connectivity index (χ1v) is 8.74. The fourth-order valence-corrected chi connectivity index (χ4v) is 2.30. The van der Waals surface area contributed by atoms with Gasteiger partial charge in [-0.25, -0.2) is 0 Å². The number of rotatable bonds is 8. The Morgan fingerprint density at radius 3 is 2.50 bits per heavy atom. The Morgan fingerprint density at radius 1 is 1.25 bits per heavy atom. The second kappa shape index (κ2) is 10.2. The molecule has 5 nitrogen and oxygen atoms in total. The summed E-state index contributed by atoms with van der Waals surface area (Å²) in [4.78, 5) is 6.99. The molecule has 0 heterocycles. The van der Waals surface area contributed by atoms with Crippen LogP contribution in [0.3, 0.4) is 0 Å². The topological polar surface area (TPSA) is 48.9 Å². The van der Waals surface area contributed by atoms with Crippen LogP contribution in [0.1, 0.15) is 39.3 Å². The van der Waals surface area contributed by atoms with Crippen LogP contribution in [0, 0.1) is 5.92 Å². The minimum Gasteiger partial charge on any atom is -0.497 e. The van der Waals surface area contributed by atoms with Gasteiger partial charge in [0.1, 0.15) is 5.75 Å². The van der Waals surface area contributed by atoms with Crippen LogP contribution in [0.5, 0.6) is 5.75 Å². The number of likely N-dealkylation sites (N-methyl/N-ethyl adjacent to an activating group) is 1. The summed E-state index contributed by atoms with van der Waals surface area (Å²) < 4.78 is 5.35. The molecule has 2 unspecified atom stereocenters. The number of methoxy groups -OCH3 is 1. The molecule has 1 aromatic carbocycles. The number of guanidine groups is 1. The number of ether oxygens (including phenoxy) is 1. The Hall–Kier alpha value is -1.75. The minimum atomic E-state index is 0.199. The van der Waals surface area contributed by atoms with Gasteiger partial charge in [-0.1, -0.05) is 26.0 Å². The van der Waals surface area contributed by atoms with Crippen molar-refractivity contribution in [1.29, 1.82) is 0 Å². The molecular weight excluding hydrogens is 300 g/mol. The van der Waals surface area contributed by atoms with Crippen molar-refractivity contribution in [1.82, 2.24) is 15.5 Å². The predicted molar refractivity (Wildman–Crippen MR) is 103 cm³/mol. The normalized spacial score (nSPS) is 14.6. The number of nitrogens with zero attached hydrogens (tertiary/aromatic N) is 2. The van der Waals surface area contributed by atoms with Crippen molar-refractivity contribution in [3.8, 4) is 5.75 Å². The molecule has 0 aliphatic rings. The van der Waals surface area contributed by atoms with E-state index in [1.54, 1.807) is 7.11 Å². The zero-order chi connectivity index (χ0) is 18.1. The van der Waals surface area contributed by atoms with E-state index in [4.69, 9.17) is 9.73 Å². The van der Waals surface area contributed by atoms with E-state index in [0.29, 0.717) is 18.5 Å². The Morgan fingerprint density at radius 2 is 1.96 bits per heavy atom. The molecule has 0 saturated carbocycles. The van der Waals surface area contributed by atoms with E-state index < -0.39 is 0 Å². The average Bonchev–Trinajstić information content (AvgIpc) is 2.54. The molecule has 1 rings (SSSR count). The van der Waals surface area contributed by atoms with Gasteiger partial charge in [0.25, 0.3) is 0 Å². The van der Waals surface area contributed by atoms with Crippen molar-refractivity contribution in [2.45, 2.75) is 39.8 Å². The third-order valence-corrected chi connectivity index (χ3v) is 4.23. The number of benzene rings is 1. The molecule has 136 valence electrons. The summed E-state index contributed by atoms with van der Waals surface area (Å²) in [5, 5.41) is 6.81. The maximum atomic E-state index is 5.35. The maximum Gasteiger partial charge on any atom is 0.191 e. The molecule has 0 saturated heterocycles.